The van der Waals surface area contributed by atoms with Crippen molar-refractivity contribution in [2.24, 2.45) is 17.1 Å². The average molecular weight is 167 g/mol. The Kier molecular flexibility index (Phi) is 1.76. The summed E-state index contributed by atoms with van der Waals surface area (Å²) in [5, 5.41) is 0. The minimum Gasteiger partial charge on any atom is -0.327 e. The fraction of sp³-hybridized carbons (Fsp3) is 0.900. The molecule has 0 aromatic carbocycles. The molecule has 2 aliphatic rings. The van der Waals surface area contributed by atoms with Gasteiger partial charge in [-0.2, -0.15) is 0 Å². The van der Waals surface area contributed by atoms with Crippen LogP contribution in [0.3, 0.4) is 0 Å². The van der Waals surface area contributed by atoms with Crippen molar-refractivity contribution in [2.45, 2.75) is 45.1 Å². The maximum Gasteiger partial charge on any atom is 0.134 e. The van der Waals surface area contributed by atoms with Crippen LogP contribution in [-0.2, 0) is 4.79 Å². The number of ketones is 1. The van der Waals surface area contributed by atoms with Gasteiger partial charge in [0.2, 0.25) is 0 Å². The van der Waals surface area contributed by atoms with E-state index < -0.39 is 0 Å². The maximum atomic E-state index is 11.3. The standard InChI is InChI=1S/C10H17NO/c1-10-3-2-7(10)4-9(12)5-8(11)6-10/h7-8H,2-6,11H2,1H3. The van der Waals surface area contributed by atoms with Gasteiger partial charge in [0.15, 0.2) is 0 Å². The van der Waals surface area contributed by atoms with Crippen LogP contribution in [0, 0.1) is 11.3 Å². The van der Waals surface area contributed by atoms with Gasteiger partial charge >= 0.3 is 0 Å². The second-order valence-electron chi connectivity index (χ2n) is 4.80. The highest BCUT2D eigenvalue weighted by atomic mass is 16.1. The van der Waals surface area contributed by atoms with E-state index in [0.717, 1.165) is 12.8 Å². The lowest BCUT2D eigenvalue weighted by atomic mass is 9.58. The van der Waals surface area contributed by atoms with E-state index in [1.165, 1.54) is 12.8 Å². The van der Waals surface area contributed by atoms with E-state index in [9.17, 15) is 4.79 Å². The Morgan fingerprint density at radius 2 is 2.25 bits per heavy atom. The van der Waals surface area contributed by atoms with Crippen molar-refractivity contribution in [1.29, 1.82) is 0 Å². The van der Waals surface area contributed by atoms with E-state index in [1.807, 2.05) is 0 Å². The van der Waals surface area contributed by atoms with Gasteiger partial charge in [-0.25, -0.2) is 0 Å². The summed E-state index contributed by atoms with van der Waals surface area (Å²) in [6.45, 7) is 2.29. The molecule has 0 amide bonds. The second-order valence-corrected chi connectivity index (χ2v) is 4.80. The first-order valence-corrected chi connectivity index (χ1v) is 4.87. The topological polar surface area (TPSA) is 43.1 Å². The van der Waals surface area contributed by atoms with Crippen molar-refractivity contribution >= 4 is 5.78 Å². The third kappa shape index (κ3) is 1.18. The number of rotatable bonds is 0. The number of Topliss-reactive ketones (excluding diaryl/α,β-unsaturated/α-hetero) is 1. The van der Waals surface area contributed by atoms with E-state index in [-0.39, 0.29) is 6.04 Å². The van der Waals surface area contributed by atoms with Gasteiger partial charge in [0, 0.05) is 18.9 Å². The zero-order chi connectivity index (χ0) is 8.77. The number of hydrogen-bond acceptors (Lipinski definition) is 2. The Balaban J connectivity index is 2.13. The first kappa shape index (κ1) is 8.24. The van der Waals surface area contributed by atoms with Gasteiger partial charge < -0.3 is 5.73 Å². The number of carbonyl (C=O) groups excluding carboxylic acids is 1. The SMILES string of the molecule is CC12CCC1CC(=O)CC(N)C2. The molecule has 3 atom stereocenters. The van der Waals surface area contributed by atoms with E-state index in [2.05, 4.69) is 6.92 Å². The van der Waals surface area contributed by atoms with Crippen LogP contribution in [-0.4, -0.2) is 11.8 Å². The highest BCUT2D eigenvalue weighted by molar-refractivity contribution is 5.79. The summed E-state index contributed by atoms with van der Waals surface area (Å²) in [5.41, 5.74) is 6.28. The molecule has 3 unspecified atom stereocenters. The molecule has 0 aromatic heterocycles. The van der Waals surface area contributed by atoms with Gasteiger partial charge in [-0.1, -0.05) is 6.92 Å². The molecule has 0 heterocycles. The Hall–Kier alpha value is -0.370. The van der Waals surface area contributed by atoms with E-state index in [4.69, 9.17) is 5.73 Å². The van der Waals surface area contributed by atoms with Gasteiger partial charge in [0.05, 0.1) is 0 Å². The highest BCUT2D eigenvalue weighted by Gasteiger charge is 2.46. The number of carbonyl (C=O) groups is 1. The summed E-state index contributed by atoms with van der Waals surface area (Å²) in [4.78, 5) is 11.3. The number of nitrogens with two attached hydrogens (primary N) is 1. The predicted octanol–water partition coefficient (Wildman–Crippen LogP) is 1.48. The van der Waals surface area contributed by atoms with Crippen LogP contribution in [0.2, 0.25) is 0 Å². The molecule has 2 fully saturated rings. The predicted molar refractivity (Wildman–Crippen MR) is 47.7 cm³/mol. The van der Waals surface area contributed by atoms with Gasteiger partial charge in [-0.05, 0) is 30.6 Å². The van der Waals surface area contributed by atoms with E-state index in [1.54, 1.807) is 0 Å². The van der Waals surface area contributed by atoms with Crippen LogP contribution >= 0.6 is 0 Å². The molecule has 0 aliphatic heterocycles. The number of fused-ring (bicyclic) bond motifs is 1. The first-order valence-electron chi connectivity index (χ1n) is 4.87. The van der Waals surface area contributed by atoms with E-state index >= 15 is 0 Å². The molecule has 0 saturated heterocycles. The van der Waals surface area contributed by atoms with Gasteiger partial charge in [-0.3, -0.25) is 4.79 Å². The first-order chi connectivity index (χ1) is 5.60. The molecule has 0 radical (unpaired) electrons. The minimum atomic E-state index is 0.132. The van der Waals surface area contributed by atoms with Gasteiger partial charge in [0.25, 0.3) is 0 Å². The van der Waals surface area contributed by atoms with Crippen LogP contribution in [0.15, 0.2) is 0 Å². The van der Waals surface area contributed by atoms with Crippen molar-refractivity contribution in [2.75, 3.05) is 0 Å². The lowest BCUT2D eigenvalue weighted by Gasteiger charge is -2.46. The largest absolute Gasteiger partial charge is 0.327 e. The zero-order valence-electron chi connectivity index (χ0n) is 7.68. The Bertz CT molecular complexity index is 214. The molecule has 12 heavy (non-hydrogen) atoms. The van der Waals surface area contributed by atoms with Crippen LogP contribution < -0.4 is 5.73 Å². The van der Waals surface area contributed by atoms with Crippen molar-refractivity contribution < 1.29 is 4.79 Å². The molecule has 2 heteroatoms. The van der Waals surface area contributed by atoms with Crippen LogP contribution in [0.25, 0.3) is 0 Å². The normalized spacial score (nSPS) is 47.7. The summed E-state index contributed by atoms with van der Waals surface area (Å²) in [5.74, 6) is 1.04. The molecule has 68 valence electrons. The molecular weight excluding hydrogens is 150 g/mol. The quantitative estimate of drug-likeness (QED) is 0.594. The Labute approximate surface area is 73.5 Å². The summed E-state index contributed by atoms with van der Waals surface area (Å²) in [6.07, 6.45) is 4.99. The molecule has 2 aliphatic carbocycles. The highest BCUT2D eigenvalue weighted by Crippen LogP contribution is 2.52. The molecule has 2 N–H and O–H groups in total. The van der Waals surface area contributed by atoms with Crippen molar-refractivity contribution in [1.82, 2.24) is 0 Å². The summed E-state index contributed by atoms with van der Waals surface area (Å²) < 4.78 is 0. The molecule has 2 saturated carbocycles. The fourth-order valence-electron chi connectivity index (χ4n) is 2.78. The van der Waals surface area contributed by atoms with Crippen molar-refractivity contribution in [3.63, 3.8) is 0 Å². The molecule has 2 nitrogen and oxygen atoms in total. The van der Waals surface area contributed by atoms with Gasteiger partial charge in [0.1, 0.15) is 5.78 Å². The fourth-order valence-corrected chi connectivity index (χ4v) is 2.78. The zero-order valence-corrected chi connectivity index (χ0v) is 7.68. The third-order valence-corrected chi connectivity index (χ3v) is 3.74. The maximum absolute atomic E-state index is 11.3. The molecule has 0 aromatic rings. The van der Waals surface area contributed by atoms with Crippen molar-refractivity contribution in [3.8, 4) is 0 Å². The van der Waals surface area contributed by atoms with Crippen LogP contribution in [0.4, 0.5) is 0 Å². The average Bonchev–Trinajstić information content (AvgIpc) is 2.02. The van der Waals surface area contributed by atoms with Crippen molar-refractivity contribution in [3.05, 3.63) is 0 Å². The van der Waals surface area contributed by atoms with Crippen LogP contribution in [0.5, 0.6) is 0 Å². The monoisotopic (exact) mass is 167 g/mol. The van der Waals surface area contributed by atoms with E-state index in [0.29, 0.717) is 23.5 Å². The lowest BCUT2D eigenvalue weighted by molar-refractivity contribution is -0.121. The molecular formula is C10H17NO. The Morgan fingerprint density at radius 3 is 2.83 bits per heavy atom. The summed E-state index contributed by atoms with van der Waals surface area (Å²) in [7, 11) is 0. The molecule has 0 bridgehead atoms. The number of hydrogen-bond donors (Lipinski definition) is 1. The molecule has 0 spiro atoms. The van der Waals surface area contributed by atoms with Crippen LogP contribution in [0.1, 0.15) is 39.0 Å². The summed E-state index contributed by atoms with van der Waals surface area (Å²) in [6, 6.07) is 0.132. The van der Waals surface area contributed by atoms with Gasteiger partial charge in [-0.15, -0.1) is 0 Å². The lowest BCUT2D eigenvalue weighted by Crippen LogP contribution is -2.40. The third-order valence-electron chi connectivity index (χ3n) is 3.74. The second kappa shape index (κ2) is 2.56. The minimum absolute atomic E-state index is 0.132. The summed E-state index contributed by atoms with van der Waals surface area (Å²) >= 11 is 0. The Morgan fingerprint density at radius 1 is 1.50 bits per heavy atom. The molecule has 2 rings (SSSR count). The smallest absolute Gasteiger partial charge is 0.134 e.